The van der Waals surface area contributed by atoms with Crippen LogP contribution in [0.5, 0.6) is 0 Å². The van der Waals surface area contributed by atoms with Crippen molar-refractivity contribution in [3.05, 3.63) is 34.2 Å². The zero-order chi connectivity index (χ0) is 15.0. The van der Waals surface area contributed by atoms with Gasteiger partial charge in [0.2, 0.25) is 5.91 Å². The summed E-state index contributed by atoms with van der Waals surface area (Å²) in [6.45, 7) is 0. The van der Waals surface area contributed by atoms with Crippen LogP contribution in [0, 0.1) is 0 Å². The summed E-state index contributed by atoms with van der Waals surface area (Å²) < 4.78 is 22.7. The summed E-state index contributed by atoms with van der Waals surface area (Å²) in [6, 6.07) is 4.93. The first-order valence-corrected chi connectivity index (χ1v) is 8.44. The summed E-state index contributed by atoms with van der Waals surface area (Å²) in [5.74, 6) is -0.0634. The molecule has 8 heteroatoms. The average molecular weight is 309 g/mol. The first-order chi connectivity index (χ1) is 9.91. The van der Waals surface area contributed by atoms with E-state index in [1.54, 1.807) is 18.2 Å². The lowest BCUT2D eigenvalue weighted by atomic mass is 10.1. The maximum atomic E-state index is 11.9. The topological polar surface area (TPSA) is 112 Å². The molecule has 21 heavy (non-hydrogen) atoms. The third-order valence-corrected chi connectivity index (χ3v) is 5.31. The van der Waals surface area contributed by atoms with Gasteiger partial charge in [-0.25, -0.2) is 13.2 Å². The predicted octanol–water partition coefficient (Wildman–Crippen LogP) is -0.298. The number of sulfone groups is 1. The van der Waals surface area contributed by atoms with E-state index in [2.05, 4.69) is 15.3 Å². The van der Waals surface area contributed by atoms with Crippen molar-refractivity contribution in [1.29, 1.82) is 0 Å². The van der Waals surface area contributed by atoms with Crippen LogP contribution >= 0.6 is 0 Å². The van der Waals surface area contributed by atoms with E-state index in [9.17, 15) is 18.0 Å². The molecular weight excluding hydrogens is 294 g/mol. The highest BCUT2D eigenvalue weighted by Gasteiger charge is 2.28. The number of aromatic nitrogens is 2. The van der Waals surface area contributed by atoms with Gasteiger partial charge in [-0.05, 0) is 24.1 Å². The Morgan fingerprint density at radius 2 is 2.05 bits per heavy atom. The number of carbonyl (C=O) groups is 1. The smallest absolute Gasteiger partial charge is 0.323 e. The summed E-state index contributed by atoms with van der Waals surface area (Å²) >= 11 is 0. The quantitative estimate of drug-likeness (QED) is 0.722. The van der Waals surface area contributed by atoms with Crippen LogP contribution in [0.1, 0.15) is 12.0 Å². The molecule has 1 aliphatic rings. The number of hydrogen-bond acceptors (Lipinski definition) is 4. The van der Waals surface area contributed by atoms with Crippen molar-refractivity contribution in [2.45, 2.75) is 18.9 Å². The fourth-order valence-corrected chi connectivity index (χ4v) is 4.24. The summed E-state index contributed by atoms with van der Waals surface area (Å²) in [5, 5.41) is 2.74. The molecule has 1 atom stereocenters. The molecule has 1 unspecified atom stereocenters. The molecule has 0 bridgehead atoms. The third kappa shape index (κ3) is 3.15. The lowest BCUT2D eigenvalue weighted by Gasteiger charge is -2.10. The standard InChI is InChI=1S/C13H15N3O4S/c17-12(14-9-3-4-21(19,20)7-9)6-8-1-2-10-11(5-8)16-13(18)15-10/h1-2,5,9H,3-4,6-7H2,(H,14,17)(H2,15,16,18). The van der Waals surface area contributed by atoms with Crippen molar-refractivity contribution < 1.29 is 13.2 Å². The Labute approximate surface area is 120 Å². The maximum Gasteiger partial charge on any atom is 0.323 e. The molecule has 7 nitrogen and oxygen atoms in total. The molecule has 1 amide bonds. The van der Waals surface area contributed by atoms with Gasteiger partial charge in [-0.2, -0.15) is 0 Å². The molecule has 3 rings (SSSR count). The normalized spacial score (nSPS) is 20.7. The largest absolute Gasteiger partial charge is 0.352 e. The van der Waals surface area contributed by atoms with Gasteiger partial charge in [-0.15, -0.1) is 0 Å². The monoisotopic (exact) mass is 309 g/mol. The van der Waals surface area contributed by atoms with Crippen LogP contribution in [0.3, 0.4) is 0 Å². The van der Waals surface area contributed by atoms with Crippen molar-refractivity contribution in [2.24, 2.45) is 0 Å². The molecule has 0 spiro atoms. The number of rotatable bonds is 3. The number of amides is 1. The fourth-order valence-electron chi connectivity index (χ4n) is 2.56. The Balaban J connectivity index is 1.67. The van der Waals surface area contributed by atoms with Gasteiger partial charge in [0.25, 0.3) is 0 Å². The molecule has 1 saturated heterocycles. The highest BCUT2D eigenvalue weighted by atomic mass is 32.2. The van der Waals surface area contributed by atoms with Crippen LogP contribution in [0.25, 0.3) is 11.0 Å². The maximum absolute atomic E-state index is 11.9. The van der Waals surface area contributed by atoms with Gasteiger partial charge in [-0.3, -0.25) is 4.79 Å². The average Bonchev–Trinajstić information content (AvgIpc) is 2.90. The van der Waals surface area contributed by atoms with Gasteiger partial charge >= 0.3 is 5.69 Å². The predicted molar refractivity (Wildman–Crippen MR) is 77.8 cm³/mol. The van der Waals surface area contributed by atoms with E-state index in [-0.39, 0.29) is 35.6 Å². The van der Waals surface area contributed by atoms with Gasteiger partial charge in [0.15, 0.2) is 9.84 Å². The molecule has 0 aliphatic carbocycles. The van der Waals surface area contributed by atoms with Gasteiger partial charge in [-0.1, -0.05) is 6.07 Å². The van der Waals surface area contributed by atoms with Crippen LogP contribution in [0.4, 0.5) is 0 Å². The van der Waals surface area contributed by atoms with Crippen molar-refractivity contribution >= 4 is 26.8 Å². The van der Waals surface area contributed by atoms with Gasteiger partial charge in [0.05, 0.1) is 29.0 Å². The van der Waals surface area contributed by atoms with E-state index in [1.807, 2.05) is 0 Å². The number of hydrogen-bond donors (Lipinski definition) is 3. The van der Waals surface area contributed by atoms with Crippen molar-refractivity contribution in [3.8, 4) is 0 Å². The van der Waals surface area contributed by atoms with Crippen LogP contribution in [0.2, 0.25) is 0 Å². The van der Waals surface area contributed by atoms with E-state index in [4.69, 9.17) is 0 Å². The zero-order valence-corrected chi connectivity index (χ0v) is 12.0. The third-order valence-electron chi connectivity index (χ3n) is 3.54. The van der Waals surface area contributed by atoms with Gasteiger partial charge in [0, 0.05) is 6.04 Å². The molecule has 2 heterocycles. The van der Waals surface area contributed by atoms with E-state index >= 15 is 0 Å². The minimum atomic E-state index is -3.00. The SMILES string of the molecule is O=C(Cc1ccc2[nH]c(=O)[nH]c2c1)NC1CCS(=O)(=O)C1. The zero-order valence-electron chi connectivity index (χ0n) is 11.2. The first-order valence-electron chi connectivity index (χ1n) is 6.62. The number of benzene rings is 1. The van der Waals surface area contributed by atoms with Crippen LogP contribution < -0.4 is 11.0 Å². The Morgan fingerprint density at radius 3 is 2.76 bits per heavy atom. The molecule has 1 fully saturated rings. The highest BCUT2D eigenvalue weighted by Crippen LogP contribution is 2.13. The Kier molecular flexibility index (Phi) is 3.32. The fraction of sp³-hybridized carbons (Fsp3) is 0.385. The van der Waals surface area contributed by atoms with Crippen LogP contribution in [-0.4, -0.2) is 41.8 Å². The van der Waals surface area contributed by atoms with Crippen molar-refractivity contribution in [3.63, 3.8) is 0 Å². The second-order valence-corrected chi connectivity index (χ2v) is 7.53. The second-order valence-electron chi connectivity index (χ2n) is 5.30. The molecule has 1 aromatic heterocycles. The van der Waals surface area contributed by atoms with E-state index in [1.165, 1.54) is 0 Å². The first kappa shape index (κ1) is 13.9. The van der Waals surface area contributed by atoms with Crippen molar-refractivity contribution in [1.82, 2.24) is 15.3 Å². The van der Waals surface area contributed by atoms with Crippen LogP contribution in [-0.2, 0) is 21.1 Å². The Bertz CT molecular complexity index is 850. The van der Waals surface area contributed by atoms with Crippen LogP contribution in [0.15, 0.2) is 23.0 Å². The summed E-state index contributed by atoms with van der Waals surface area (Å²) in [5.41, 5.74) is 1.80. The number of H-pyrrole nitrogens is 2. The molecule has 1 aromatic carbocycles. The molecule has 0 saturated carbocycles. The van der Waals surface area contributed by atoms with Gasteiger partial charge < -0.3 is 15.3 Å². The lowest BCUT2D eigenvalue weighted by Crippen LogP contribution is -2.36. The number of nitrogens with one attached hydrogen (secondary N) is 3. The van der Waals surface area contributed by atoms with E-state index in [0.29, 0.717) is 17.5 Å². The molecule has 1 aliphatic heterocycles. The molecule has 0 radical (unpaired) electrons. The summed E-state index contributed by atoms with van der Waals surface area (Å²) in [7, 11) is -3.00. The van der Waals surface area contributed by atoms with E-state index in [0.717, 1.165) is 5.56 Å². The van der Waals surface area contributed by atoms with Crippen molar-refractivity contribution in [2.75, 3.05) is 11.5 Å². The van der Waals surface area contributed by atoms with E-state index < -0.39 is 9.84 Å². The second kappa shape index (κ2) is 5.03. The highest BCUT2D eigenvalue weighted by molar-refractivity contribution is 7.91. The van der Waals surface area contributed by atoms with Gasteiger partial charge in [0.1, 0.15) is 0 Å². The molecule has 3 N–H and O–H groups in total. The molecular formula is C13H15N3O4S. The number of carbonyl (C=O) groups excluding carboxylic acids is 1. The number of aromatic amines is 2. The molecule has 112 valence electrons. The minimum absolute atomic E-state index is 0.0168. The molecule has 2 aromatic rings. The number of fused-ring (bicyclic) bond motifs is 1. The Hall–Kier alpha value is -2.09. The Morgan fingerprint density at radius 1 is 1.29 bits per heavy atom. The lowest BCUT2D eigenvalue weighted by molar-refractivity contribution is -0.120. The number of imidazole rings is 1. The summed E-state index contributed by atoms with van der Waals surface area (Å²) in [4.78, 5) is 28.4. The summed E-state index contributed by atoms with van der Waals surface area (Å²) in [6.07, 6.45) is 0.623. The minimum Gasteiger partial charge on any atom is -0.352 e.